The zero-order valence-electron chi connectivity index (χ0n) is 12.7. The fourth-order valence-corrected chi connectivity index (χ4v) is 2.24. The molecule has 0 fully saturated rings. The highest BCUT2D eigenvalue weighted by molar-refractivity contribution is 5.76. The van der Waals surface area contributed by atoms with E-state index in [9.17, 15) is 4.79 Å². The summed E-state index contributed by atoms with van der Waals surface area (Å²) in [5.74, 6) is 0.420. The summed E-state index contributed by atoms with van der Waals surface area (Å²) in [6, 6.07) is 6.34. The Balaban J connectivity index is 2.96. The number of rotatable bonds is 5. The van der Waals surface area contributed by atoms with Crippen LogP contribution in [0, 0.1) is 19.8 Å². The second-order valence-electron chi connectivity index (χ2n) is 5.46. The lowest BCUT2D eigenvalue weighted by Crippen LogP contribution is -2.03. The van der Waals surface area contributed by atoms with Crippen molar-refractivity contribution in [1.82, 2.24) is 0 Å². The number of hydrogen-bond donors (Lipinski definition) is 0. The Morgan fingerprint density at radius 3 is 2.53 bits per heavy atom. The normalized spacial score (nSPS) is 13.2. The smallest absolute Gasteiger partial charge is 0.130 e. The molecule has 1 rings (SSSR count). The molecule has 0 aliphatic carbocycles. The zero-order chi connectivity index (χ0) is 14.6. The average Bonchev–Trinajstić information content (AvgIpc) is 2.31. The van der Waals surface area contributed by atoms with Crippen molar-refractivity contribution in [3.63, 3.8) is 0 Å². The van der Waals surface area contributed by atoms with E-state index in [4.69, 9.17) is 0 Å². The van der Waals surface area contributed by atoms with Crippen LogP contribution in [0.4, 0.5) is 0 Å². The first-order valence-electron chi connectivity index (χ1n) is 6.76. The molecule has 1 unspecified atom stereocenters. The van der Waals surface area contributed by atoms with Gasteiger partial charge in [0.2, 0.25) is 0 Å². The Morgan fingerprint density at radius 1 is 1.32 bits per heavy atom. The maximum absolute atomic E-state index is 11.2. The molecule has 0 aliphatic heterocycles. The quantitative estimate of drug-likeness (QED) is 0.686. The highest BCUT2D eigenvalue weighted by atomic mass is 16.1. The molecule has 1 aromatic rings. The van der Waals surface area contributed by atoms with Crippen molar-refractivity contribution < 1.29 is 4.79 Å². The molecule has 0 radical (unpaired) electrons. The molecule has 0 saturated carbocycles. The van der Waals surface area contributed by atoms with Gasteiger partial charge in [-0.05, 0) is 55.9 Å². The maximum atomic E-state index is 11.2. The van der Waals surface area contributed by atoms with Crippen molar-refractivity contribution in [3.05, 3.63) is 53.1 Å². The third-order valence-electron chi connectivity index (χ3n) is 3.66. The lowest BCUT2D eigenvalue weighted by atomic mass is 9.92. The number of carbonyl (C=O) groups excluding carboxylic acids is 1. The topological polar surface area (TPSA) is 17.1 Å². The van der Waals surface area contributed by atoms with Gasteiger partial charge in [0.1, 0.15) is 5.78 Å². The molecule has 0 amide bonds. The van der Waals surface area contributed by atoms with Gasteiger partial charge in [-0.2, -0.15) is 0 Å². The molecule has 0 aromatic heterocycles. The highest BCUT2D eigenvalue weighted by Gasteiger charge is 2.09. The summed E-state index contributed by atoms with van der Waals surface area (Å²) in [7, 11) is 0. The van der Waals surface area contributed by atoms with E-state index in [0.717, 1.165) is 5.57 Å². The summed E-state index contributed by atoms with van der Waals surface area (Å²) in [6.45, 7) is 14.2. The van der Waals surface area contributed by atoms with E-state index in [1.54, 1.807) is 6.92 Å². The van der Waals surface area contributed by atoms with E-state index < -0.39 is 0 Å². The number of ketones is 1. The zero-order valence-corrected chi connectivity index (χ0v) is 12.7. The monoisotopic (exact) mass is 256 g/mol. The van der Waals surface area contributed by atoms with Crippen LogP contribution in [0.15, 0.2) is 36.4 Å². The lowest BCUT2D eigenvalue weighted by molar-refractivity contribution is -0.117. The molecule has 19 heavy (non-hydrogen) atoms. The molecular formula is C18H24O. The molecule has 1 aromatic carbocycles. The predicted molar refractivity (Wildman–Crippen MR) is 83.2 cm³/mol. The second-order valence-corrected chi connectivity index (χ2v) is 5.46. The second kappa shape index (κ2) is 6.51. The minimum Gasteiger partial charge on any atom is -0.300 e. The number of Topliss-reactive ketones (excluding diaryl/α,β-unsaturated/α-hetero) is 1. The van der Waals surface area contributed by atoms with E-state index in [1.165, 1.54) is 22.3 Å². The van der Waals surface area contributed by atoms with E-state index in [1.807, 2.05) is 0 Å². The minimum atomic E-state index is 0.206. The molecule has 0 bridgehead atoms. The summed E-state index contributed by atoms with van der Waals surface area (Å²) in [4.78, 5) is 11.2. The van der Waals surface area contributed by atoms with Gasteiger partial charge in [0.05, 0.1) is 0 Å². The van der Waals surface area contributed by atoms with Crippen LogP contribution >= 0.6 is 0 Å². The van der Waals surface area contributed by atoms with Crippen molar-refractivity contribution in [2.24, 2.45) is 5.92 Å². The Kier molecular flexibility index (Phi) is 5.29. The minimum absolute atomic E-state index is 0.206. The predicted octanol–water partition coefficient (Wildman–Crippen LogP) is 4.88. The van der Waals surface area contributed by atoms with Gasteiger partial charge < -0.3 is 4.79 Å². The number of allylic oxidation sites excluding steroid dienone is 3. The van der Waals surface area contributed by atoms with Crippen molar-refractivity contribution in [1.29, 1.82) is 0 Å². The first-order chi connectivity index (χ1) is 8.82. The van der Waals surface area contributed by atoms with Crippen LogP contribution in [0.25, 0.3) is 5.57 Å². The fraction of sp³-hybridized carbons (Fsp3) is 0.389. The van der Waals surface area contributed by atoms with Crippen molar-refractivity contribution in [3.8, 4) is 0 Å². The van der Waals surface area contributed by atoms with Gasteiger partial charge in [0.15, 0.2) is 0 Å². The molecular weight excluding hydrogens is 232 g/mol. The summed E-state index contributed by atoms with van der Waals surface area (Å²) in [5.41, 5.74) is 6.10. The van der Waals surface area contributed by atoms with Gasteiger partial charge in [-0.3, -0.25) is 0 Å². The summed E-state index contributed by atoms with van der Waals surface area (Å²) in [6.07, 6.45) is 2.67. The van der Waals surface area contributed by atoms with Gasteiger partial charge in [-0.25, -0.2) is 0 Å². The van der Waals surface area contributed by atoms with Gasteiger partial charge in [0.25, 0.3) is 0 Å². The number of hydrogen-bond acceptors (Lipinski definition) is 1. The van der Waals surface area contributed by atoms with E-state index >= 15 is 0 Å². The third kappa shape index (κ3) is 4.20. The van der Waals surface area contributed by atoms with Crippen molar-refractivity contribution in [2.75, 3.05) is 0 Å². The molecule has 0 spiro atoms. The fourth-order valence-electron chi connectivity index (χ4n) is 2.24. The Morgan fingerprint density at radius 2 is 1.95 bits per heavy atom. The number of benzene rings is 1. The Hall–Kier alpha value is -1.63. The summed E-state index contributed by atoms with van der Waals surface area (Å²) < 4.78 is 0. The van der Waals surface area contributed by atoms with Crippen LogP contribution in [0.5, 0.6) is 0 Å². The molecule has 0 saturated heterocycles. The number of carbonyl (C=O) groups is 1. The molecule has 0 aliphatic rings. The third-order valence-corrected chi connectivity index (χ3v) is 3.66. The first-order valence-corrected chi connectivity index (χ1v) is 6.76. The van der Waals surface area contributed by atoms with Crippen LogP contribution < -0.4 is 0 Å². The summed E-state index contributed by atoms with van der Waals surface area (Å²) in [5, 5.41) is 0. The van der Waals surface area contributed by atoms with Crippen LogP contribution in [0.3, 0.4) is 0 Å². The van der Waals surface area contributed by atoms with Gasteiger partial charge in [-0.15, -0.1) is 0 Å². The number of aryl methyl sites for hydroxylation is 1. The molecule has 1 nitrogen and oxygen atoms in total. The van der Waals surface area contributed by atoms with Gasteiger partial charge in [-0.1, -0.05) is 43.4 Å². The molecule has 0 N–H and O–H groups in total. The Bertz CT molecular complexity index is 520. The summed E-state index contributed by atoms with van der Waals surface area (Å²) >= 11 is 0. The SMILES string of the molecule is C=C(/C=C(/C)c1cccc(C)c1C)C(C)CC(C)=O. The standard InChI is InChI=1S/C18H24O/c1-12-8-7-9-18(17(12)6)15(4)10-13(2)14(3)11-16(5)19/h7-10,14H,2,11H2,1,3-6H3/b15-10-. The van der Waals surface area contributed by atoms with E-state index in [2.05, 4.69) is 58.5 Å². The van der Waals surface area contributed by atoms with Crippen molar-refractivity contribution in [2.45, 2.75) is 41.0 Å². The Labute approximate surface area is 117 Å². The molecule has 1 heteroatoms. The average molecular weight is 256 g/mol. The van der Waals surface area contributed by atoms with Crippen LogP contribution in [0.1, 0.15) is 43.9 Å². The van der Waals surface area contributed by atoms with E-state index in [0.29, 0.717) is 6.42 Å². The van der Waals surface area contributed by atoms with Crippen LogP contribution in [-0.2, 0) is 4.79 Å². The molecule has 0 heterocycles. The van der Waals surface area contributed by atoms with E-state index in [-0.39, 0.29) is 11.7 Å². The van der Waals surface area contributed by atoms with Crippen molar-refractivity contribution >= 4 is 11.4 Å². The first kappa shape index (κ1) is 15.4. The van der Waals surface area contributed by atoms with Gasteiger partial charge >= 0.3 is 0 Å². The maximum Gasteiger partial charge on any atom is 0.130 e. The molecule has 102 valence electrons. The highest BCUT2D eigenvalue weighted by Crippen LogP contribution is 2.24. The lowest BCUT2D eigenvalue weighted by Gasteiger charge is -2.13. The van der Waals surface area contributed by atoms with Crippen LogP contribution in [0.2, 0.25) is 0 Å². The largest absolute Gasteiger partial charge is 0.300 e. The van der Waals surface area contributed by atoms with Crippen LogP contribution in [-0.4, -0.2) is 5.78 Å². The molecule has 1 atom stereocenters. The van der Waals surface area contributed by atoms with Gasteiger partial charge in [0, 0.05) is 6.42 Å².